The summed E-state index contributed by atoms with van der Waals surface area (Å²) >= 11 is 0. The van der Waals surface area contributed by atoms with Crippen LogP contribution in [0.4, 0.5) is 0 Å². The molecule has 1 aliphatic heterocycles. The maximum absolute atomic E-state index is 3.48. The Kier molecular flexibility index (Phi) is 2.06. The van der Waals surface area contributed by atoms with E-state index < -0.39 is 0 Å². The summed E-state index contributed by atoms with van der Waals surface area (Å²) in [5.74, 6) is 0.879. The highest BCUT2D eigenvalue weighted by Crippen LogP contribution is 2.39. The number of nitrogens with one attached hydrogen (secondary N) is 1. The van der Waals surface area contributed by atoms with Gasteiger partial charge in [0, 0.05) is 6.54 Å². The van der Waals surface area contributed by atoms with Crippen LogP contribution >= 0.6 is 0 Å². The zero-order valence-electron chi connectivity index (χ0n) is 8.55. The summed E-state index contributed by atoms with van der Waals surface area (Å²) in [4.78, 5) is 0. The minimum Gasteiger partial charge on any atom is -0.312 e. The molecule has 1 N–H and O–H groups in total. The Morgan fingerprint density at radius 1 is 1.21 bits per heavy atom. The van der Waals surface area contributed by atoms with Crippen molar-refractivity contribution < 1.29 is 0 Å². The van der Waals surface area contributed by atoms with Crippen molar-refractivity contribution in [2.45, 2.75) is 38.1 Å². The van der Waals surface area contributed by atoms with Crippen molar-refractivity contribution in [2.75, 3.05) is 6.54 Å². The molecule has 2 aliphatic rings. The Balaban J connectivity index is 2.01. The second kappa shape index (κ2) is 3.39. The van der Waals surface area contributed by atoms with Gasteiger partial charge in [0.2, 0.25) is 0 Å². The molecule has 1 nitrogen and oxygen atoms in total. The van der Waals surface area contributed by atoms with Crippen LogP contribution in [0.15, 0.2) is 18.2 Å². The molecule has 0 atom stereocenters. The monoisotopic (exact) mass is 187 g/mol. The van der Waals surface area contributed by atoms with E-state index in [9.17, 15) is 0 Å². The summed E-state index contributed by atoms with van der Waals surface area (Å²) in [6, 6.07) is 6.89. The smallest absolute Gasteiger partial charge is 0.0211 e. The predicted octanol–water partition coefficient (Wildman–Crippen LogP) is 2.60. The number of hydrogen-bond acceptors (Lipinski definition) is 1. The molecule has 1 heteroatoms. The molecule has 0 bridgehead atoms. The van der Waals surface area contributed by atoms with Crippen LogP contribution in [0.5, 0.6) is 0 Å². The molecule has 1 fully saturated rings. The van der Waals surface area contributed by atoms with Crippen LogP contribution in [0.3, 0.4) is 0 Å². The van der Waals surface area contributed by atoms with E-state index >= 15 is 0 Å². The van der Waals surface area contributed by atoms with Crippen molar-refractivity contribution in [1.82, 2.24) is 5.32 Å². The van der Waals surface area contributed by atoms with Crippen molar-refractivity contribution in [2.24, 2.45) is 0 Å². The van der Waals surface area contributed by atoms with Crippen LogP contribution in [0.1, 0.15) is 41.9 Å². The van der Waals surface area contributed by atoms with Crippen molar-refractivity contribution >= 4 is 0 Å². The van der Waals surface area contributed by atoms with Gasteiger partial charge in [-0.3, -0.25) is 0 Å². The molecule has 3 rings (SSSR count). The normalized spacial score (nSPS) is 21.4. The van der Waals surface area contributed by atoms with E-state index in [0.29, 0.717) is 0 Å². The van der Waals surface area contributed by atoms with Gasteiger partial charge in [-0.15, -0.1) is 0 Å². The lowest BCUT2D eigenvalue weighted by Crippen LogP contribution is -2.26. The minimum absolute atomic E-state index is 0.879. The Morgan fingerprint density at radius 3 is 2.93 bits per heavy atom. The molecule has 1 saturated carbocycles. The SMILES string of the molecule is c1cc2c(c(C3CCC3)c1)CNCC2. The molecule has 14 heavy (non-hydrogen) atoms. The van der Waals surface area contributed by atoms with Gasteiger partial charge >= 0.3 is 0 Å². The first-order valence-electron chi connectivity index (χ1n) is 5.76. The van der Waals surface area contributed by atoms with E-state index in [1.807, 2.05) is 0 Å². The molecule has 74 valence electrons. The third-order valence-corrected chi connectivity index (χ3v) is 3.73. The number of benzene rings is 1. The minimum atomic E-state index is 0.879. The van der Waals surface area contributed by atoms with Crippen LogP contribution in [-0.2, 0) is 13.0 Å². The van der Waals surface area contributed by atoms with E-state index in [1.54, 1.807) is 16.7 Å². The molecule has 0 radical (unpaired) electrons. The quantitative estimate of drug-likeness (QED) is 0.712. The summed E-state index contributed by atoms with van der Waals surface area (Å²) in [6.07, 6.45) is 5.48. The molecule has 1 aromatic rings. The fourth-order valence-corrected chi connectivity index (χ4v) is 2.64. The molecular weight excluding hydrogens is 170 g/mol. The zero-order valence-corrected chi connectivity index (χ0v) is 8.55. The lowest BCUT2D eigenvalue weighted by molar-refractivity contribution is 0.414. The van der Waals surface area contributed by atoms with Crippen molar-refractivity contribution in [3.63, 3.8) is 0 Å². The van der Waals surface area contributed by atoms with E-state index in [1.165, 1.54) is 25.7 Å². The standard InChI is InChI=1S/C13H17N/c1-3-10(4-1)12-6-2-5-11-7-8-14-9-13(11)12/h2,5-6,10,14H,1,3-4,7-9H2. The van der Waals surface area contributed by atoms with E-state index in [0.717, 1.165) is 19.0 Å². The highest BCUT2D eigenvalue weighted by molar-refractivity contribution is 5.39. The average molecular weight is 187 g/mol. The molecule has 1 aliphatic carbocycles. The molecule has 1 heterocycles. The molecule has 0 unspecified atom stereocenters. The highest BCUT2D eigenvalue weighted by atomic mass is 14.9. The second-order valence-electron chi connectivity index (χ2n) is 4.54. The van der Waals surface area contributed by atoms with Crippen molar-refractivity contribution in [3.05, 3.63) is 34.9 Å². The number of rotatable bonds is 1. The lowest BCUT2D eigenvalue weighted by Gasteiger charge is -2.30. The maximum atomic E-state index is 3.48. The third-order valence-electron chi connectivity index (χ3n) is 3.73. The van der Waals surface area contributed by atoms with Gasteiger partial charge in [0.25, 0.3) is 0 Å². The van der Waals surface area contributed by atoms with E-state index in [2.05, 4.69) is 23.5 Å². The number of hydrogen-bond donors (Lipinski definition) is 1. The summed E-state index contributed by atoms with van der Waals surface area (Å²) in [5.41, 5.74) is 4.84. The van der Waals surface area contributed by atoms with Crippen molar-refractivity contribution in [1.29, 1.82) is 0 Å². The first-order valence-corrected chi connectivity index (χ1v) is 5.76. The largest absolute Gasteiger partial charge is 0.312 e. The Hall–Kier alpha value is -0.820. The lowest BCUT2D eigenvalue weighted by atomic mass is 9.76. The van der Waals surface area contributed by atoms with Gasteiger partial charge in [-0.25, -0.2) is 0 Å². The summed E-state index contributed by atoms with van der Waals surface area (Å²) < 4.78 is 0. The predicted molar refractivity (Wildman–Crippen MR) is 58.4 cm³/mol. The maximum Gasteiger partial charge on any atom is 0.0211 e. The Morgan fingerprint density at radius 2 is 2.14 bits per heavy atom. The first kappa shape index (κ1) is 8.49. The third kappa shape index (κ3) is 1.27. The number of fused-ring (bicyclic) bond motifs is 1. The van der Waals surface area contributed by atoms with Gasteiger partial charge in [0.15, 0.2) is 0 Å². The molecule has 0 amide bonds. The fraction of sp³-hybridized carbons (Fsp3) is 0.538. The Labute approximate surface area is 85.5 Å². The second-order valence-corrected chi connectivity index (χ2v) is 4.54. The van der Waals surface area contributed by atoms with Gasteiger partial charge in [0.1, 0.15) is 0 Å². The molecular formula is C13H17N. The van der Waals surface area contributed by atoms with Crippen molar-refractivity contribution in [3.8, 4) is 0 Å². The topological polar surface area (TPSA) is 12.0 Å². The molecule has 0 saturated heterocycles. The fourth-order valence-electron chi connectivity index (χ4n) is 2.64. The van der Waals surface area contributed by atoms with Crippen LogP contribution in [-0.4, -0.2) is 6.54 Å². The van der Waals surface area contributed by atoms with Crippen LogP contribution in [0.25, 0.3) is 0 Å². The van der Waals surface area contributed by atoms with E-state index in [4.69, 9.17) is 0 Å². The average Bonchev–Trinajstić information content (AvgIpc) is 2.16. The molecule has 0 aromatic heterocycles. The highest BCUT2D eigenvalue weighted by Gasteiger charge is 2.23. The van der Waals surface area contributed by atoms with Gasteiger partial charge < -0.3 is 5.32 Å². The van der Waals surface area contributed by atoms with Gasteiger partial charge in [-0.2, -0.15) is 0 Å². The Bertz CT molecular complexity index is 339. The van der Waals surface area contributed by atoms with Crippen LogP contribution < -0.4 is 5.32 Å². The van der Waals surface area contributed by atoms with E-state index in [-0.39, 0.29) is 0 Å². The molecule has 1 aromatic carbocycles. The van der Waals surface area contributed by atoms with Crippen LogP contribution in [0, 0.1) is 0 Å². The summed E-state index contributed by atoms with van der Waals surface area (Å²) in [5, 5.41) is 3.48. The van der Waals surface area contributed by atoms with Crippen LogP contribution in [0.2, 0.25) is 0 Å². The summed E-state index contributed by atoms with van der Waals surface area (Å²) in [7, 11) is 0. The van der Waals surface area contributed by atoms with Gasteiger partial charge in [-0.1, -0.05) is 24.6 Å². The first-order chi connectivity index (χ1) is 6.95. The van der Waals surface area contributed by atoms with Gasteiger partial charge in [0.05, 0.1) is 0 Å². The van der Waals surface area contributed by atoms with Gasteiger partial charge in [-0.05, 0) is 48.4 Å². The summed E-state index contributed by atoms with van der Waals surface area (Å²) in [6.45, 7) is 2.25. The zero-order chi connectivity index (χ0) is 9.38. The molecule has 0 spiro atoms.